The van der Waals surface area contributed by atoms with Crippen molar-refractivity contribution in [3.8, 4) is 0 Å². The highest BCUT2D eigenvalue weighted by molar-refractivity contribution is 5.76. The number of fused-ring (bicyclic) bond motifs is 1. The summed E-state index contributed by atoms with van der Waals surface area (Å²) in [5, 5.41) is 6.12. The Morgan fingerprint density at radius 1 is 1.40 bits per heavy atom. The molecule has 2 rings (SSSR count). The Balaban J connectivity index is 1.59. The first-order valence-corrected chi connectivity index (χ1v) is 8.93. The number of esters is 1. The van der Waals surface area contributed by atoms with Crippen LogP contribution < -0.4 is 16.4 Å². The second kappa shape index (κ2) is 9.98. The first kappa shape index (κ1) is 19.2. The summed E-state index contributed by atoms with van der Waals surface area (Å²) in [6.07, 6.45) is 5.70. The van der Waals surface area contributed by atoms with Gasteiger partial charge in [-0.2, -0.15) is 0 Å². The van der Waals surface area contributed by atoms with Gasteiger partial charge in [0.1, 0.15) is 11.9 Å². The third-order valence-electron chi connectivity index (χ3n) is 4.32. The number of aromatic nitrogens is 1. The molecule has 7 nitrogen and oxygen atoms in total. The average Bonchev–Trinajstić information content (AvgIpc) is 2.64. The van der Waals surface area contributed by atoms with Gasteiger partial charge in [0.05, 0.1) is 7.11 Å². The van der Waals surface area contributed by atoms with Crippen molar-refractivity contribution in [1.82, 2.24) is 10.3 Å². The zero-order valence-corrected chi connectivity index (χ0v) is 14.8. The maximum Gasteiger partial charge on any atom is 0.322 e. The molecule has 1 aromatic heterocycles. The van der Waals surface area contributed by atoms with Gasteiger partial charge in [-0.1, -0.05) is 6.07 Å². The molecule has 1 atom stereocenters. The molecule has 0 aromatic carbocycles. The Kier molecular flexibility index (Phi) is 7.66. The van der Waals surface area contributed by atoms with Gasteiger partial charge in [-0.25, -0.2) is 4.98 Å². The second-order valence-electron chi connectivity index (χ2n) is 6.32. The van der Waals surface area contributed by atoms with E-state index in [1.165, 1.54) is 12.7 Å². The molecule has 0 saturated heterocycles. The molecule has 1 aliphatic rings. The molecule has 138 valence electrons. The van der Waals surface area contributed by atoms with Crippen molar-refractivity contribution in [3.63, 3.8) is 0 Å². The molecule has 25 heavy (non-hydrogen) atoms. The summed E-state index contributed by atoms with van der Waals surface area (Å²) in [4.78, 5) is 27.6. The van der Waals surface area contributed by atoms with Crippen LogP contribution in [-0.4, -0.2) is 43.1 Å². The number of carbonyl (C=O) groups excluding carboxylic acids is 2. The Labute approximate surface area is 148 Å². The predicted octanol–water partition coefficient (Wildman–Crippen LogP) is 1.16. The summed E-state index contributed by atoms with van der Waals surface area (Å²) in [6, 6.07) is 3.55. The number of amides is 1. The van der Waals surface area contributed by atoms with E-state index in [1.807, 2.05) is 0 Å². The Morgan fingerprint density at radius 2 is 2.24 bits per heavy atom. The monoisotopic (exact) mass is 348 g/mol. The number of nitrogens with two attached hydrogens (primary N) is 1. The lowest BCUT2D eigenvalue weighted by Gasteiger charge is -2.17. The van der Waals surface area contributed by atoms with E-state index in [0.29, 0.717) is 19.4 Å². The third-order valence-corrected chi connectivity index (χ3v) is 4.32. The van der Waals surface area contributed by atoms with Crippen molar-refractivity contribution >= 4 is 17.7 Å². The molecular formula is C18H28N4O3. The van der Waals surface area contributed by atoms with Gasteiger partial charge in [0.15, 0.2) is 0 Å². The first-order valence-electron chi connectivity index (χ1n) is 8.93. The maximum absolute atomic E-state index is 11.8. The van der Waals surface area contributed by atoms with Crippen LogP contribution in [0.3, 0.4) is 0 Å². The number of rotatable bonds is 9. The number of unbranched alkanes of at least 4 members (excludes halogenated alkanes) is 1. The van der Waals surface area contributed by atoms with E-state index in [9.17, 15) is 9.59 Å². The van der Waals surface area contributed by atoms with Crippen molar-refractivity contribution in [1.29, 1.82) is 0 Å². The van der Waals surface area contributed by atoms with Crippen LogP contribution in [0, 0.1) is 0 Å². The molecule has 0 aliphatic carbocycles. The molecular weight excluding hydrogens is 320 g/mol. The quantitative estimate of drug-likeness (QED) is 0.457. The first-order chi connectivity index (χ1) is 12.1. The van der Waals surface area contributed by atoms with E-state index in [1.54, 1.807) is 0 Å². The lowest BCUT2D eigenvalue weighted by Crippen LogP contribution is -2.36. The van der Waals surface area contributed by atoms with E-state index in [-0.39, 0.29) is 5.91 Å². The molecule has 0 saturated carbocycles. The molecule has 0 fully saturated rings. The largest absolute Gasteiger partial charge is 0.468 e. The third kappa shape index (κ3) is 6.34. The van der Waals surface area contributed by atoms with Crippen LogP contribution in [0.2, 0.25) is 0 Å². The lowest BCUT2D eigenvalue weighted by atomic mass is 10.1. The zero-order valence-electron chi connectivity index (χ0n) is 14.8. The normalized spacial score (nSPS) is 14.2. The van der Waals surface area contributed by atoms with Crippen LogP contribution in [0.15, 0.2) is 12.1 Å². The number of hydrogen-bond donors (Lipinski definition) is 3. The van der Waals surface area contributed by atoms with Crippen molar-refractivity contribution in [2.45, 2.75) is 51.0 Å². The predicted molar refractivity (Wildman–Crippen MR) is 96.2 cm³/mol. The summed E-state index contributed by atoms with van der Waals surface area (Å²) in [5.74, 6) is 0.543. The van der Waals surface area contributed by atoms with E-state index in [2.05, 4.69) is 32.5 Å². The highest BCUT2D eigenvalue weighted by atomic mass is 16.5. The van der Waals surface area contributed by atoms with Crippen LogP contribution in [0.1, 0.15) is 43.4 Å². The van der Waals surface area contributed by atoms with Crippen molar-refractivity contribution in [2.75, 3.05) is 25.5 Å². The zero-order chi connectivity index (χ0) is 18.1. The lowest BCUT2D eigenvalue weighted by molar-refractivity contribution is -0.142. The Morgan fingerprint density at radius 3 is 3.04 bits per heavy atom. The number of methoxy groups -OCH3 is 1. The molecule has 7 heteroatoms. The number of aryl methyl sites for hydroxylation is 2. The SMILES string of the molecule is COC(=O)C(N)CCNC(=O)CCCCc1ccc2c(n1)NCCC2. The molecule has 2 heterocycles. The summed E-state index contributed by atoms with van der Waals surface area (Å²) in [6.45, 7) is 1.37. The van der Waals surface area contributed by atoms with Gasteiger partial charge in [-0.05, 0) is 50.2 Å². The molecule has 0 bridgehead atoms. The Bertz CT molecular complexity index is 592. The fraction of sp³-hybridized carbons (Fsp3) is 0.611. The number of nitrogens with zero attached hydrogens (tertiary/aromatic N) is 1. The number of hydrogen-bond acceptors (Lipinski definition) is 6. The topological polar surface area (TPSA) is 106 Å². The average molecular weight is 348 g/mol. The maximum atomic E-state index is 11.8. The molecule has 1 aliphatic heterocycles. The summed E-state index contributed by atoms with van der Waals surface area (Å²) >= 11 is 0. The van der Waals surface area contributed by atoms with E-state index in [4.69, 9.17) is 5.73 Å². The van der Waals surface area contributed by atoms with Crippen molar-refractivity contribution in [2.24, 2.45) is 5.73 Å². The van der Waals surface area contributed by atoms with Gasteiger partial charge in [-0.15, -0.1) is 0 Å². The minimum absolute atomic E-state index is 0.0165. The molecule has 1 unspecified atom stereocenters. The van der Waals surface area contributed by atoms with Crippen LogP contribution in [-0.2, 0) is 27.2 Å². The standard InChI is InChI=1S/C18H28N4O3/c1-25-18(24)15(19)10-12-20-16(23)7-3-2-6-14-9-8-13-5-4-11-21-17(13)22-14/h8-9,15H,2-7,10-12,19H2,1H3,(H,20,23)(H,21,22). The van der Waals surface area contributed by atoms with Crippen LogP contribution in [0.4, 0.5) is 5.82 Å². The van der Waals surface area contributed by atoms with Crippen molar-refractivity contribution < 1.29 is 14.3 Å². The van der Waals surface area contributed by atoms with Gasteiger partial charge in [-0.3, -0.25) is 9.59 Å². The van der Waals surface area contributed by atoms with Gasteiger partial charge >= 0.3 is 5.97 Å². The molecule has 1 aromatic rings. The second-order valence-corrected chi connectivity index (χ2v) is 6.32. The van der Waals surface area contributed by atoms with Gasteiger partial charge < -0.3 is 21.1 Å². The van der Waals surface area contributed by atoms with Gasteiger partial charge in [0.25, 0.3) is 0 Å². The van der Waals surface area contributed by atoms with E-state index < -0.39 is 12.0 Å². The number of carbonyl (C=O) groups is 2. The van der Waals surface area contributed by atoms with Crippen LogP contribution in [0.25, 0.3) is 0 Å². The molecule has 1 amide bonds. The summed E-state index contributed by atoms with van der Waals surface area (Å²) < 4.78 is 4.54. The highest BCUT2D eigenvalue weighted by Crippen LogP contribution is 2.20. The van der Waals surface area contributed by atoms with Gasteiger partial charge in [0, 0.05) is 25.2 Å². The van der Waals surface area contributed by atoms with Crippen LogP contribution in [0.5, 0.6) is 0 Å². The highest BCUT2D eigenvalue weighted by Gasteiger charge is 2.13. The smallest absolute Gasteiger partial charge is 0.322 e. The number of ether oxygens (including phenoxy) is 1. The van der Waals surface area contributed by atoms with E-state index in [0.717, 1.165) is 50.2 Å². The summed E-state index contributed by atoms with van der Waals surface area (Å²) in [7, 11) is 1.30. The van der Waals surface area contributed by atoms with Crippen molar-refractivity contribution in [3.05, 3.63) is 23.4 Å². The number of nitrogens with one attached hydrogen (secondary N) is 2. The fourth-order valence-corrected chi connectivity index (χ4v) is 2.82. The minimum Gasteiger partial charge on any atom is -0.468 e. The van der Waals surface area contributed by atoms with Crippen LogP contribution >= 0.6 is 0 Å². The molecule has 0 radical (unpaired) electrons. The van der Waals surface area contributed by atoms with Gasteiger partial charge in [0.2, 0.25) is 5.91 Å². The minimum atomic E-state index is -0.686. The Hall–Kier alpha value is -2.15. The number of pyridine rings is 1. The van der Waals surface area contributed by atoms with E-state index >= 15 is 0 Å². The summed E-state index contributed by atoms with van der Waals surface area (Å²) in [5.41, 5.74) is 7.97. The fourth-order valence-electron chi connectivity index (χ4n) is 2.82. The molecule has 0 spiro atoms. The number of anilines is 1. The molecule has 4 N–H and O–H groups in total.